The van der Waals surface area contributed by atoms with Crippen LogP contribution < -0.4 is 10.6 Å². The van der Waals surface area contributed by atoms with Crippen molar-refractivity contribution in [2.75, 3.05) is 19.7 Å². The number of aliphatic imine (C=N–C) groups is 1. The molecule has 0 unspecified atom stereocenters. The number of benzene rings is 2. The topological polar surface area (TPSA) is 50.8 Å². The minimum Gasteiger partial charge on any atom is -0.493 e. The van der Waals surface area contributed by atoms with Gasteiger partial charge in [0.2, 0.25) is 0 Å². The number of hydrogen-bond acceptors (Lipinski definition) is 4. The van der Waals surface area contributed by atoms with E-state index in [-0.39, 0.29) is 18.2 Å². The highest BCUT2D eigenvalue weighted by Crippen LogP contribution is 2.20. The first kappa shape index (κ1) is 20.2. The van der Waals surface area contributed by atoms with Crippen molar-refractivity contribution >= 4 is 18.2 Å². The number of hydrazine groups is 1. The summed E-state index contributed by atoms with van der Waals surface area (Å²) in [6, 6.07) is 13.0. The fraction of sp³-hybridized carbons (Fsp3) is 0.350. The van der Waals surface area contributed by atoms with Gasteiger partial charge in [-0.25, -0.2) is 10.2 Å². The molecule has 0 spiro atoms. The molecular weight excluding hydrogens is 353 g/mol. The molecule has 0 radical (unpaired) electrons. The van der Waals surface area contributed by atoms with Crippen LogP contribution in [0.2, 0.25) is 0 Å². The van der Waals surface area contributed by atoms with Crippen molar-refractivity contribution in [3.05, 3.63) is 65.0 Å². The van der Waals surface area contributed by atoms with Gasteiger partial charge in [-0.05, 0) is 23.1 Å². The Kier molecular flexibility index (Phi) is 7.00. The molecule has 3 rings (SSSR count). The van der Waals surface area contributed by atoms with Crippen molar-refractivity contribution in [1.82, 2.24) is 5.01 Å². The van der Waals surface area contributed by atoms with Crippen molar-refractivity contribution in [1.29, 1.82) is 0 Å². The monoisotopic (exact) mass is 377 g/mol. The molecule has 4 nitrogen and oxygen atoms in total. The fourth-order valence-electron chi connectivity index (χ4n) is 2.73. The molecule has 0 aromatic heterocycles. The van der Waals surface area contributed by atoms with Gasteiger partial charge in [0, 0.05) is 18.1 Å². The normalized spacial score (nSPS) is 13.6. The smallest absolute Gasteiger partial charge is 0.145 e. The highest BCUT2D eigenvalue weighted by Gasteiger charge is 2.15. The summed E-state index contributed by atoms with van der Waals surface area (Å²) in [6.45, 7) is 6.19. The highest BCUT2D eigenvalue weighted by molar-refractivity contribution is 5.99. The standard InChI is InChI=1S/C20H24FN3O.ClH/c1-14(2)13-25-18-8-7-17(19(21)12-18)11-15-3-5-16(6-4-15)20-23-9-10-24(20)22;/h3-8,12,14H,9-11,13,22H2,1-2H3;1H. The molecule has 2 aromatic rings. The van der Waals surface area contributed by atoms with Crippen molar-refractivity contribution in [3.8, 4) is 5.75 Å². The number of hydrogen-bond donors (Lipinski definition) is 1. The summed E-state index contributed by atoms with van der Waals surface area (Å²) in [5.74, 6) is 7.45. The molecule has 1 aliphatic heterocycles. The molecule has 0 saturated carbocycles. The molecule has 140 valence electrons. The summed E-state index contributed by atoms with van der Waals surface area (Å²) in [5.41, 5.74) is 2.69. The molecule has 0 atom stereocenters. The van der Waals surface area contributed by atoms with Crippen LogP contribution in [0.3, 0.4) is 0 Å². The van der Waals surface area contributed by atoms with Gasteiger partial charge in [0.15, 0.2) is 0 Å². The summed E-state index contributed by atoms with van der Waals surface area (Å²) in [4.78, 5) is 4.40. The molecule has 2 aromatic carbocycles. The lowest BCUT2D eigenvalue weighted by atomic mass is 10.0. The van der Waals surface area contributed by atoms with Crippen molar-refractivity contribution < 1.29 is 9.13 Å². The van der Waals surface area contributed by atoms with E-state index < -0.39 is 0 Å². The van der Waals surface area contributed by atoms with Gasteiger partial charge in [-0.1, -0.05) is 44.2 Å². The SMILES string of the molecule is CC(C)COc1ccc(Cc2ccc(C3=NCCN3N)cc2)c(F)c1.Cl. The molecule has 0 bridgehead atoms. The molecule has 0 amide bonds. The van der Waals surface area contributed by atoms with Gasteiger partial charge in [0.1, 0.15) is 17.4 Å². The third-order valence-electron chi connectivity index (χ3n) is 4.09. The summed E-state index contributed by atoms with van der Waals surface area (Å²) >= 11 is 0. The van der Waals surface area contributed by atoms with Gasteiger partial charge >= 0.3 is 0 Å². The Bertz CT molecular complexity index is 762. The van der Waals surface area contributed by atoms with E-state index in [1.165, 1.54) is 6.07 Å². The number of nitrogens with zero attached hydrogens (tertiary/aromatic N) is 2. The summed E-state index contributed by atoms with van der Waals surface area (Å²) < 4.78 is 19.9. The van der Waals surface area contributed by atoms with Crippen molar-refractivity contribution in [3.63, 3.8) is 0 Å². The Morgan fingerprint density at radius 1 is 1.19 bits per heavy atom. The first-order chi connectivity index (χ1) is 12.0. The van der Waals surface area contributed by atoms with E-state index in [0.717, 1.165) is 30.1 Å². The Hall–Kier alpha value is -2.11. The van der Waals surface area contributed by atoms with Crippen LogP contribution in [0.15, 0.2) is 47.5 Å². The van der Waals surface area contributed by atoms with Gasteiger partial charge in [0.05, 0.1) is 19.7 Å². The molecule has 0 aliphatic carbocycles. The van der Waals surface area contributed by atoms with E-state index in [4.69, 9.17) is 10.6 Å². The first-order valence-electron chi connectivity index (χ1n) is 8.60. The zero-order chi connectivity index (χ0) is 17.8. The quantitative estimate of drug-likeness (QED) is 0.779. The molecule has 1 aliphatic rings. The maximum atomic E-state index is 14.3. The number of halogens is 2. The van der Waals surface area contributed by atoms with Crippen LogP contribution in [-0.4, -0.2) is 30.5 Å². The number of nitrogens with two attached hydrogens (primary N) is 1. The van der Waals surface area contributed by atoms with E-state index in [2.05, 4.69) is 18.8 Å². The van der Waals surface area contributed by atoms with Crippen LogP contribution in [-0.2, 0) is 6.42 Å². The molecule has 26 heavy (non-hydrogen) atoms. The number of ether oxygens (including phenoxy) is 1. The maximum absolute atomic E-state index is 14.3. The molecule has 0 saturated heterocycles. The molecule has 2 N–H and O–H groups in total. The minimum atomic E-state index is -0.237. The Morgan fingerprint density at radius 2 is 1.92 bits per heavy atom. The molecule has 6 heteroatoms. The lowest BCUT2D eigenvalue weighted by Crippen LogP contribution is -2.34. The summed E-state index contributed by atoms with van der Waals surface area (Å²) in [7, 11) is 0. The second-order valence-corrected chi connectivity index (χ2v) is 6.73. The summed E-state index contributed by atoms with van der Waals surface area (Å²) in [5, 5.41) is 1.66. The molecular formula is C20H25ClFN3O. The zero-order valence-electron chi connectivity index (χ0n) is 15.1. The van der Waals surface area contributed by atoms with Crippen LogP contribution >= 0.6 is 12.4 Å². The second kappa shape index (κ2) is 9.01. The first-order valence-corrected chi connectivity index (χ1v) is 8.60. The minimum absolute atomic E-state index is 0. The maximum Gasteiger partial charge on any atom is 0.145 e. The Labute approximate surface area is 160 Å². The van der Waals surface area contributed by atoms with Gasteiger partial charge in [-0.3, -0.25) is 10.0 Å². The van der Waals surface area contributed by atoms with E-state index in [9.17, 15) is 4.39 Å². The van der Waals surface area contributed by atoms with E-state index in [0.29, 0.717) is 30.3 Å². The van der Waals surface area contributed by atoms with Crippen LogP contribution in [0, 0.1) is 11.7 Å². The fourth-order valence-corrected chi connectivity index (χ4v) is 2.73. The van der Waals surface area contributed by atoms with Gasteiger partial charge < -0.3 is 4.74 Å². The Morgan fingerprint density at radius 3 is 2.50 bits per heavy atom. The number of amidine groups is 1. The average Bonchev–Trinajstić information content (AvgIpc) is 3.02. The van der Waals surface area contributed by atoms with Gasteiger partial charge in [-0.15, -0.1) is 12.4 Å². The van der Waals surface area contributed by atoms with Crippen molar-refractivity contribution in [2.45, 2.75) is 20.3 Å². The Balaban J connectivity index is 0.00000243. The number of rotatable bonds is 6. The van der Waals surface area contributed by atoms with Crippen molar-refractivity contribution in [2.24, 2.45) is 16.8 Å². The lowest BCUT2D eigenvalue weighted by molar-refractivity contribution is 0.270. The molecule has 1 heterocycles. The predicted molar refractivity (Wildman–Crippen MR) is 106 cm³/mol. The lowest BCUT2D eigenvalue weighted by Gasteiger charge is -2.13. The van der Waals surface area contributed by atoms with Gasteiger partial charge in [-0.2, -0.15) is 0 Å². The van der Waals surface area contributed by atoms with E-state index in [1.807, 2.05) is 30.3 Å². The van der Waals surface area contributed by atoms with E-state index in [1.54, 1.807) is 11.1 Å². The van der Waals surface area contributed by atoms with E-state index >= 15 is 0 Å². The van der Waals surface area contributed by atoms with Gasteiger partial charge in [0.25, 0.3) is 0 Å². The second-order valence-electron chi connectivity index (χ2n) is 6.73. The van der Waals surface area contributed by atoms with Crippen LogP contribution in [0.4, 0.5) is 4.39 Å². The summed E-state index contributed by atoms with van der Waals surface area (Å²) in [6.07, 6.45) is 0.537. The third kappa shape index (κ3) is 4.96. The zero-order valence-corrected chi connectivity index (χ0v) is 15.9. The highest BCUT2D eigenvalue weighted by atomic mass is 35.5. The third-order valence-corrected chi connectivity index (χ3v) is 4.09. The predicted octanol–water partition coefficient (Wildman–Crippen LogP) is 3.81. The largest absolute Gasteiger partial charge is 0.493 e. The van der Waals surface area contributed by atoms with Crippen LogP contribution in [0.1, 0.15) is 30.5 Å². The molecule has 0 fully saturated rings. The van der Waals surface area contributed by atoms with Crippen LogP contribution in [0.25, 0.3) is 0 Å². The average molecular weight is 378 g/mol. The van der Waals surface area contributed by atoms with Crippen LogP contribution in [0.5, 0.6) is 5.75 Å².